The number of primary amides is 1. The van der Waals surface area contributed by atoms with Crippen molar-refractivity contribution in [3.63, 3.8) is 0 Å². The summed E-state index contributed by atoms with van der Waals surface area (Å²) in [6.45, 7) is 0. The summed E-state index contributed by atoms with van der Waals surface area (Å²) in [6, 6.07) is -0.204. The Morgan fingerprint density at radius 1 is 1.29 bits per heavy atom. The molecule has 2 amide bonds. The summed E-state index contributed by atoms with van der Waals surface area (Å²) in [7, 11) is 3.36. The van der Waals surface area contributed by atoms with Gasteiger partial charge in [0.1, 0.15) is 0 Å². The highest BCUT2D eigenvalue weighted by Crippen LogP contribution is 2.18. The third-order valence-corrected chi connectivity index (χ3v) is 3.26. The van der Waals surface area contributed by atoms with Crippen LogP contribution in [0.25, 0.3) is 0 Å². The van der Waals surface area contributed by atoms with E-state index < -0.39 is 11.9 Å². The Kier molecular flexibility index (Phi) is 5.41. The Morgan fingerprint density at radius 2 is 1.88 bits per heavy atom. The first kappa shape index (κ1) is 14.0. The number of amides is 2. The predicted molar refractivity (Wildman–Crippen MR) is 66.3 cm³/mol. The molecule has 0 saturated heterocycles. The van der Waals surface area contributed by atoms with Crippen molar-refractivity contribution in [3.8, 4) is 0 Å². The monoisotopic (exact) mass is 241 g/mol. The average Bonchev–Trinajstić information content (AvgIpc) is 2.29. The Bertz CT molecular complexity index is 273. The van der Waals surface area contributed by atoms with Crippen LogP contribution in [0.5, 0.6) is 0 Å². The molecule has 0 bridgehead atoms. The van der Waals surface area contributed by atoms with E-state index in [4.69, 9.17) is 5.73 Å². The van der Waals surface area contributed by atoms with E-state index in [9.17, 15) is 9.59 Å². The lowest BCUT2D eigenvalue weighted by Crippen LogP contribution is -2.49. The maximum absolute atomic E-state index is 11.6. The van der Waals surface area contributed by atoms with Crippen molar-refractivity contribution in [3.05, 3.63) is 0 Å². The number of hydrogen-bond donors (Lipinski definition) is 2. The van der Waals surface area contributed by atoms with Crippen LogP contribution >= 0.6 is 0 Å². The standard InChI is InChI=1S/C12H23N3O2/c1-15(2)11(16)8-10(12(13)17)14-9-6-4-3-5-7-9/h9-10,14H,3-8H2,1-2H3,(H2,13,17). The van der Waals surface area contributed by atoms with E-state index in [1.165, 1.54) is 24.2 Å². The summed E-state index contributed by atoms with van der Waals surface area (Å²) in [6.07, 6.45) is 5.92. The molecule has 1 fully saturated rings. The van der Waals surface area contributed by atoms with Crippen LogP contribution < -0.4 is 11.1 Å². The van der Waals surface area contributed by atoms with E-state index >= 15 is 0 Å². The molecule has 5 heteroatoms. The average molecular weight is 241 g/mol. The van der Waals surface area contributed by atoms with Gasteiger partial charge in [-0.25, -0.2) is 0 Å². The van der Waals surface area contributed by atoms with Crippen molar-refractivity contribution in [1.29, 1.82) is 0 Å². The fourth-order valence-electron chi connectivity index (χ4n) is 2.15. The van der Waals surface area contributed by atoms with Crippen molar-refractivity contribution in [2.45, 2.75) is 50.6 Å². The number of rotatable bonds is 5. The molecule has 0 radical (unpaired) electrons. The summed E-state index contributed by atoms with van der Waals surface area (Å²) in [4.78, 5) is 24.4. The molecule has 0 aromatic heterocycles. The van der Waals surface area contributed by atoms with Crippen LogP contribution in [0.15, 0.2) is 0 Å². The molecule has 5 nitrogen and oxygen atoms in total. The zero-order valence-electron chi connectivity index (χ0n) is 10.7. The maximum Gasteiger partial charge on any atom is 0.235 e. The third-order valence-electron chi connectivity index (χ3n) is 3.26. The Balaban J connectivity index is 2.47. The molecule has 98 valence electrons. The number of nitrogens with one attached hydrogen (secondary N) is 1. The number of carbonyl (C=O) groups excluding carboxylic acids is 2. The maximum atomic E-state index is 11.6. The predicted octanol–water partition coefficient (Wildman–Crippen LogP) is 0.241. The lowest BCUT2D eigenvalue weighted by molar-refractivity contribution is -0.132. The minimum absolute atomic E-state index is 0.0721. The minimum Gasteiger partial charge on any atom is -0.368 e. The van der Waals surface area contributed by atoms with Crippen LogP contribution in [-0.4, -0.2) is 42.9 Å². The minimum atomic E-state index is -0.534. The molecule has 0 spiro atoms. The molecule has 1 saturated carbocycles. The fourth-order valence-corrected chi connectivity index (χ4v) is 2.15. The van der Waals surface area contributed by atoms with Crippen LogP contribution in [0, 0.1) is 0 Å². The van der Waals surface area contributed by atoms with Gasteiger partial charge in [0.15, 0.2) is 0 Å². The van der Waals surface area contributed by atoms with Crippen LogP contribution in [0.3, 0.4) is 0 Å². The summed E-state index contributed by atoms with van der Waals surface area (Å²) in [5.74, 6) is -0.511. The van der Waals surface area contributed by atoms with Crippen molar-refractivity contribution in [1.82, 2.24) is 10.2 Å². The summed E-state index contributed by atoms with van der Waals surface area (Å²) in [5, 5.41) is 3.22. The van der Waals surface area contributed by atoms with E-state index in [1.807, 2.05) is 0 Å². The summed E-state index contributed by atoms with van der Waals surface area (Å²) in [5.41, 5.74) is 5.33. The molecule has 0 aromatic rings. The normalized spacial score (nSPS) is 18.7. The van der Waals surface area contributed by atoms with Gasteiger partial charge >= 0.3 is 0 Å². The number of nitrogens with zero attached hydrogens (tertiary/aromatic N) is 1. The molecule has 0 heterocycles. The second-order valence-electron chi connectivity index (χ2n) is 4.95. The highest BCUT2D eigenvalue weighted by Gasteiger charge is 2.24. The van der Waals surface area contributed by atoms with Crippen LogP contribution in [0.2, 0.25) is 0 Å². The lowest BCUT2D eigenvalue weighted by Gasteiger charge is -2.27. The molecule has 3 N–H and O–H groups in total. The van der Waals surface area contributed by atoms with Crippen LogP contribution in [-0.2, 0) is 9.59 Å². The smallest absolute Gasteiger partial charge is 0.235 e. The molecule has 1 unspecified atom stereocenters. The highest BCUT2D eigenvalue weighted by molar-refractivity contribution is 5.87. The van der Waals surface area contributed by atoms with Crippen LogP contribution in [0.4, 0.5) is 0 Å². The van der Waals surface area contributed by atoms with E-state index in [1.54, 1.807) is 14.1 Å². The van der Waals surface area contributed by atoms with Gasteiger partial charge in [0, 0.05) is 20.1 Å². The van der Waals surface area contributed by atoms with Gasteiger partial charge in [-0.15, -0.1) is 0 Å². The van der Waals surface area contributed by atoms with E-state index in [-0.39, 0.29) is 12.3 Å². The van der Waals surface area contributed by atoms with Gasteiger partial charge in [-0.3, -0.25) is 9.59 Å². The van der Waals surface area contributed by atoms with Gasteiger partial charge in [0.25, 0.3) is 0 Å². The quantitative estimate of drug-likeness (QED) is 0.724. The van der Waals surface area contributed by atoms with Crippen LogP contribution in [0.1, 0.15) is 38.5 Å². The van der Waals surface area contributed by atoms with Gasteiger partial charge in [0.05, 0.1) is 12.5 Å². The summed E-state index contributed by atoms with van der Waals surface area (Å²) >= 11 is 0. The summed E-state index contributed by atoms with van der Waals surface area (Å²) < 4.78 is 0. The lowest BCUT2D eigenvalue weighted by atomic mass is 9.94. The fraction of sp³-hybridized carbons (Fsp3) is 0.833. The zero-order valence-corrected chi connectivity index (χ0v) is 10.7. The topological polar surface area (TPSA) is 75.4 Å². The molecule has 0 aliphatic heterocycles. The number of hydrogen-bond acceptors (Lipinski definition) is 3. The second-order valence-corrected chi connectivity index (χ2v) is 4.95. The molecule has 1 atom stereocenters. The molecular weight excluding hydrogens is 218 g/mol. The van der Waals surface area contributed by atoms with E-state index in [2.05, 4.69) is 5.32 Å². The first-order valence-corrected chi connectivity index (χ1v) is 6.26. The largest absolute Gasteiger partial charge is 0.368 e. The van der Waals surface area contributed by atoms with Crippen molar-refractivity contribution in [2.75, 3.05) is 14.1 Å². The van der Waals surface area contributed by atoms with Gasteiger partial charge in [-0.05, 0) is 12.8 Å². The van der Waals surface area contributed by atoms with Crippen molar-refractivity contribution < 1.29 is 9.59 Å². The Hall–Kier alpha value is -1.10. The number of nitrogens with two attached hydrogens (primary N) is 1. The first-order chi connectivity index (χ1) is 8.00. The third kappa shape index (κ3) is 4.73. The second kappa shape index (κ2) is 6.59. The van der Waals surface area contributed by atoms with Gasteiger partial charge < -0.3 is 16.0 Å². The van der Waals surface area contributed by atoms with Gasteiger partial charge in [-0.1, -0.05) is 19.3 Å². The van der Waals surface area contributed by atoms with Gasteiger partial charge in [0.2, 0.25) is 11.8 Å². The highest BCUT2D eigenvalue weighted by atomic mass is 16.2. The molecule has 1 rings (SSSR count). The first-order valence-electron chi connectivity index (χ1n) is 6.26. The molecule has 17 heavy (non-hydrogen) atoms. The molecule has 1 aliphatic rings. The number of carbonyl (C=O) groups is 2. The Morgan fingerprint density at radius 3 is 2.35 bits per heavy atom. The SMILES string of the molecule is CN(C)C(=O)CC(NC1CCCCC1)C(N)=O. The molecule has 0 aromatic carbocycles. The van der Waals surface area contributed by atoms with Crippen molar-refractivity contribution in [2.24, 2.45) is 5.73 Å². The van der Waals surface area contributed by atoms with Gasteiger partial charge in [-0.2, -0.15) is 0 Å². The van der Waals surface area contributed by atoms with E-state index in [0.29, 0.717) is 6.04 Å². The Labute approximate surface area is 103 Å². The zero-order chi connectivity index (χ0) is 12.8. The molecular formula is C12H23N3O2. The van der Waals surface area contributed by atoms with E-state index in [0.717, 1.165) is 12.8 Å². The van der Waals surface area contributed by atoms with Crippen molar-refractivity contribution >= 4 is 11.8 Å². The molecule has 1 aliphatic carbocycles.